The fourth-order valence-electron chi connectivity index (χ4n) is 2.55. The number of ether oxygens (including phenoxy) is 1. The van der Waals surface area contributed by atoms with Crippen LogP contribution in [-0.2, 0) is 14.8 Å². The second-order valence-electron chi connectivity index (χ2n) is 7.75. The van der Waals surface area contributed by atoms with E-state index >= 15 is 0 Å². The van der Waals surface area contributed by atoms with Crippen LogP contribution in [-0.4, -0.2) is 81.1 Å². The number of hydrogen-bond donors (Lipinski definition) is 2. The Bertz CT molecular complexity index is 797. The minimum absolute atomic E-state index is 0.0768. The molecule has 1 saturated heterocycles. The van der Waals surface area contributed by atoms with Gasteiger partial charge >= 0.3 is 6.09 Å². The number of nitrogens with one attached hydrogen (secondary N) is 2. The number of amides is 1. The van der Waals surface area contributed by atoms with Crippen molar-refractivity contribution in [2.45, 2.75) is 43.5 Å². The van der Waals surface area contributed by atoms with Gasteiger partial charge in [-0.3, -0.25) is 4.99 Å². The molecule has 0 spiro atoms. The van der Waals surface area contributed by atoms with E-state index in [1.54, 1.807) is 29.5 Å². The fraction of sp³-hybridized carbons (Fsp3) is 0.667. The van der Waals surface area contributed by atoms with Gasteiger partial charge < -0.3 is 20.3 Å². The second kappa shape index (κ2) is 9.77. The molecule has 1 aromatic heterocycles. The molecule has 0 aromatic carbocycles. The maximum Gasteiger partial charge on any atom is 0.410 e. The molecule has 0 unspecified atom stereocenters. The van der Waals surface area contributed by atoms with Crippen LogP contribution in [0.3, 0.4) is 0 Å². The van der Waals surface area contributed by atoms with Crippen LogP contribution >= 0.6 is 11.3 Å². The Kier molecular flexibility index (Phi) is 7.89. The average molecular weight is 446 g/mol. The molecule has 2 heterocycles. The Balaban J connectivity index is 1.82. The lowest BCUT2D eigenvalue weighted by molar-refractivity contribution is 0.00700. The molecule has 1 fully saturated rings. The monoisotopic (exact) mass is 445 g/mol. The first-order valence-electron chi connectivity index (χ1n) is 9.55. The molecule has 2 rings (SSSR count). The summed E-state index contributed by atoms with van der Waals surface area (Å²) >= 11 is 1.20. The maximum absolute atomic E-state index is 12.4. The molecular weight excluding hydrogens is 414 g/mol. The zero-order valence-electron chi connectivity index (χ0n) is 17.6. The lowest BCUT2D eigenvalue weighted by Crippen LogP contribution is -2.63. The first-order valence-corrected chi connectivity index (χ1v) is 11.9. The van der Waals surface area contributed by atoms with Gasteiger partial charge in [0.2, 0.25) is 0 Å². The molecule has 1 aliphatic rings. The van der Waals surface area contributed by atoms with Gasteiger partial charge in [0.15, 0.2) is 5.96 Å². The van der Waals surface area contributed by atoms with Crippen LogP contribution in [0.2, 0.25) is 0 Å². The van der Waals surface area contributed by atoms with Crippen LogP contribution in [0.4, 0.5) is 4.79 Å². The van der Waals surface area contributed by atoms with Gasteiger partial charge in [0.1, 0.15) is 9.81 Å². The van der Waals surface area contributed by atoms with E-state index in [-0.39, 0.29) is 18.7 Å². The van der Waals surface area contributed by atoms with Crippen molar-refractivity contribution in [2.24, 2.45) is 4.99 Å². The molecule has 0 radical (unpaired) electrons. The molecular formula is C18H31N5O4S2. The predicted molar refractivity (Wildman–Crippen MR) is 115 cm³/mol. The highest BCUT2D eigenvalue weighted by Crippen LogP contribution is 2.19. The molecule has 2 N–H and O–H groups in total. The van der Waals surface area contributed by atoms with Crippen LogP contribution in [0.15, 0.2) is 26.7 Å². The maximum atomic E-state index is 12.4. The third kappa shape index (κ3) is 6.86. The summed E-state index contributed by atoms with van der Waals surface area (Å²) in [7, 11) is -1.92. The molecule has 0 saturated carbocycles. The third-order valence-electron chi connectivity index (χ3n) is 4.06. The van der Waals surface area contributed by atoms with E-state index in [9.17, 15) is 13.2 Å². The number of guanidine groups is 1. The van der Waals surface area contributed by atoms with Crippen LogP contribution in [0.25, 0.3) is 0 Å². The number of nitrogens with zero attached hydrogens (tertiary/aromatic N) is 3. The Morgan fingerprint density at radius 3 is 2.66 bits per heavy atom. The Labute approximate surface area is 177 Å². The topological polar surface area (TPSA) is 103 Å². The highest BCUT2D eigenvalue weighted by atomic mass is 32.2. The van der Waals surface area contributed by atoms with Crippen molar-refractivity contribution in [3.05, 3.63) is 17.5 Å². The Hall–Kier alpha value is -1.85. The van der Waals surface area contributed by atoms with E-state index in [4.69, 9.17) is 4.74 Å². The van der Waals surface area contributed by atoms with Gasteiger partial charge in [-0.05, 0) is 39.1 Å². The van der Waals surface area contributed by atoms with Crippen molar-refractivity contribution < 1.29 is 17.9 Å². The first kappa shape index (κ1) is 23.4. The summed E-state index contributed by atoms with van der Waals surface area (Å²) in [6.07, 6.45) is -0.321. The van der Waals surface area contributed by atoms with Crippen molar-refractivity contribution in [3.8, 4) is 0 Å². The summed E-state index contributed by atoms with van der Waals surface area (Å²) in [6, 6.07) is 3.39. The molecule has 1 aromatic rings. The van der Waals surface area contributed by atoms with Gasteiger partial charge in [-0.1, -0.05) is 6.07 Å². The minimum Gasteiger partial charge on any atom is -0.444 e. The summed E-state index contributed by atoms with van der Waals surface area (Å²) in [5.41, 5.74) is -0.512. The number of aliphatic imine (C=N–C) groups is 1. The number of likely N-dealkylation sites (tertiary alicyclic amines) is 1. The SMILES string of the molecule is CCNC(=NCCN(C)S(=O)(=O)c1cccs1)NC1CN(C(=O)OC(C)(C)C)C1. The quantitative estimate of drug-likeness (QED) is 0.487. The van der Waals surface area contributed by atoms with Crippen LogP contribution < -0.4 is 10.6 Å². The molecule has 0 aliphatic carbocycles. The molecule has 9 nitrogen and oxygen atoms in total. The lowest BCUT2D eigenvalue weighted by Gasteiger charge is -2.40. The van der Waals surface area contributed by atoms with E-state index in [0.29, 0.717) is 36.3 Å². The number of carbonyl (C=O) groups excluding carboxylic acids is 1. The summed E-state index contributed by atoms with van der Waals surface area (Å²) in [4.78, 5) is 18.1. The number of likely N-dealkylation sites (N-methyl/N-ethyl adjacent to an activating group) is 1. The summed E-state index contributed by atoms with van der Waals surface area (Å²) in [6.45, 7) is 9.81. The van der Waals surface area contributed by atoms with E-state index in [1.807, 2.05) is 27.7 Å². The standard InChI is InChI=1S/C18H31N5O4S2/c1-6-19-16(21-14-12-23(13-14)17(24)27-18(2,3)4)20-9-10-22(5)29(25,26)15-8-7-11-28-15/h7-8,11,14H,6,9-10,12-13H2,1-5H3,(H2,19,20,21). The number of sulfonamides is 1. The smallest absolute Gasteiger partial charge is 0.410 e. The zero-order valence-corrected chi connectivity index (χ0v) is 19.3. The molecule has 0 atom stereocenters. The summed E-state index contributed by atoms with van der Waals surface area (Å²) in [5.74, 6) is 0.600. The molecule has 11 heteroatoms. The van der Waals surface area contributed by atoms with Crippen LogP contribution in [0.1, 0.15) is 27.7 Å². The van der Waals surface area contributed by atoms with Crippen molar-refractivity contribution in [1.82, 2.24) is 19.8 Å². The highest BCUT2D eigenvalue weighted by molar-refractivity contribution is 7.91. The number of rotatable bonds is 7. The number of carbonyl (C=O) groups is 1. The predicted octanol–water partition coefficient (Wildman–Crippen LogP) is 1.54. The largest absolute Gasteiger partial charge is 0.444 e. The van der Waals surface area contributed by atoms with Gasteiger partial charge in [-0.2, -0.15) is 4.31 Å². The molecule has 0 bridgehead atoms. The van der Waals surface area contributed by atoms with Crippen molar-refractivity contribution in [3.63, 3.8) is 0 Å². The molecule has 1 aliphatic heterocycles. The average Bonchev–Trinajstić information content (AvgIpc) is 3.10. The summed E-state index contributed by atoms with van der Waals surface area (Å²) in [5, 5.41) is 8.15. The second-order valence-corrected chi connectivity index (χ2v) is 11.0. The van der Waals surface area contributed by atoms with Crippen LogP contribution in [0.5, 0.6) is 0 Å². The number of hydrogen-bond acceptors (Lipinski definition) is 6. The van der Waals surface area contributed by atoms with Gasteiger partial charge in [0.25, 0.3) is 10.0 Å². The highest BCUT2D eigenvalue weighted by Gasteiger charge is 2.34. The Morgan fingerprint density at radius 1 is 1.41 bits per heavy atom. The third-order valence-corrected chi connectivity index (χ3v) is 7.29. The zero-order chi connectivity index (χ0) is 21.7. The number of thiophene rings is 1. The van der Waals surface area contributed by atoms with E-state index in [1.165, 1.54) is 15.6 Å². The normalized spacial score (nSPS) is 15.9. The van der Waals surface area contributed by atoms with Crippen molar-refractivity contribution >= 4 is 33.4 Å². The Morgan fingerprint density at radius 2 is 2.10 bits per heavy atom. The van der Waals surface area contributed by atoms with E-state index in [2.05, 4.69) is 15.6 Å². The molecule has 1 amide bonds. The van der Waals surface area contributed by atoms with Gasteiger partial charge in [-0.25, -0.2) is 13.2 Å². The summed E-state index contributed by atoms with van der Waals surface area (Å²) < 4.78 is 31.8. The van der Waals surface area contributed by atoms with Gasteiger partial charge in [-0.15, -0.1) is 11.3 Å². The fourth-order valence-corrected chi connectivity index (χ4v) is 4.91. The van der Waals surface area contributed by atoms with Crippen LogP contribution in [0, 0.1) is 0 Å². The van der Waals surface area contributed by atoms with Crippen molar-refractivity contribution in [1.29, 1.82) is 0 Å². The van der Waals surface area contributed by atoms with Gasteiger partial charge in [0.05, 0.1) is 12.6 Å². The molecule has 29 heavy (non-hydrogen) atoms. The van der Waals surface area contributed by atoms with E-state index < -0.39 is 15.6 Å². The van der Waals surface area contributed by atoms with E-state index in [0.717, 1.165) is 0 Å². The van der Waals surface area contributed by atoms with Gasteiger partial charge in [0, 0.05) is 33.2 Å². The minimum atomic E-state index is -3.47. The first-order chi connectivity index (χ1) is 13.5. The molecule has 164 valence electrons. The lowest BCUT2D eigenvalue weighted by atomic mass is 10.1. The van der Waals surface area contributed by atoms with Crippen molar-refractivity contribution in [2.75, 3.05) is 39.8 Å².